The van der Waals surface area contributed by atoms with Gasteiger partial charge in [-0.1, -0.05) is 18.2 Å². The molecule has 0 aliphatic carbocycles. The van der Waals surface area contributed by atoms with Crippen molar-refractivity contribution in [2.45, 2.75) is 20.1 Å². The summed E-state index contributed by atoms with van der Waals surface area (Å²) in [5.41, 5.74) is 4.82. The Morgan fingerprint density at radius 2 is 1.87 bits per heavy atom. The fraction of sp³-hybridized carbons (Fsp3) is 0.200. The van der Waals surface area contributed by atoms with Gasteiger partial charge < -0.3 is 4.74 Å². The zero-order valence-electron chi connectivity index (χ0n) is 13.0. The van der Waals surface area contributed by atoms with Gasteiger partial charge in [0.05, 0.1) is 5.39 Å². The van der Waals surface area contributed by atoms with Crippen LogP contribution < -0.4 is 9.30 Å². The molecule has 0 spiro atoms. The van der Waals surface area contributed by atoms with Gasteiger partial charge >= 0.3 is 0 Å². The molecular weight excluding hydrogens is 284 g/mol. The maximum Gasteiger partial charge on any atom is 0.292 e. The molecule has 0 unspecified atom stereocenters. The SMILES string of the molecule is Cc1ccc2ccc3ccc(C4=CCCN=C4)c4c3c2[n+]1CO4. The maximum atomic E-state index is 6.21. The Labute approximate surface area is 134 Å². The molecule has 3 aromatic rings. The molecule has 0 bridgehead atoms. The topological polar surface area (TPSA) is 25.5 Å². The summed E-state index contributed by atoms with van der Waals surface area (Å²) in [4.78, 5) is 4.43. The fourth-order valence-electron chi connectivity index (χ4n) is 3.65. The van der Waals surface area contributed by atoms with Gasteiger partial charge in [0.15, 0.2) is 5.69 Å². The molecule has 0 atom stereocenters. The van der Waals surface area contributed by atoms with E-state index in [1.807, 2.05) is 6.21 Å². The number of benzene rings is 2. The number of ether oxygens (including phenoxy) is 1. The molecule has 2 aliphatic heterocycles. The van der Waals surface area contributed by atoms with E-state index in [-0.39, 0.29) is 0 Å². The molecule has 0 amide bonds. The van der Waals surface area contributed by atoms with Gasteiger partial charge in [0, 0.05) is 36.7 Å². The predicted molar refractivity (Wildman–Crippen MR) is 93.0 cm³/mol. The highest BCUT2D eigenvalue weighted by Crippen LogP contribution is 2.39. The zero-order chi connectivity index (χ0) is 15.4. The molecule has 112 valence electrons. The lowest BCUT2D eigenvalue weighted by Crippen LogP contribution is -2.42. The van der Waals surface area contributed by atoms with Gasteiger partial charge in [0.2, 0.25) is 5.52 Å². The van der Waals surface area contributed by atoms with E-state index in [1.54, 1.807) is 0 Å². The van der Waals surface area contributed by atoms with Crippen LogP contribution in [-0.2, 0) is 6.73 Å². The third-order valence-corrected chi connectivity index (χ3v) is 4.84. The summed E-state index contributed by atoms with van der Waals surface area (Å²) in [7, 11) is 0. The van der Waals surface area contributed by atoms with Crippen LogP contribution in [0.4, 0.5) is 0 Å². The van der Waals surface area contributed by atoms with Crippen LogP contribution in [0.1, 0.15) is 17.7 Å². The van der Waals surface area contributed by atoms with Crippen LogP contribution in [0.15, 0.2) is 47.5 Å². The standard InChI is InChI=1S/C20H17N2O/c1-13-4-5-15-7-6-14-8-9-17(16-3-2-10-21-11-16)20-18(14)19(15)22(13)12-23-20/h3-9,11H,2,10,12H2,1H3/q+1. The van der Waals surface area contributed by atoms with Crippen LogP contribution >= 0.6 is 0 Å². The number of hydrogen-bond acceptors (Lipinski definition) is 2. The maximum absolute atomic E-state index is 6.21. The number of pyridine rings is 1. The van der Waals surface area contributed by atoms with Crippen molar-refractivity contribution in [3.8, 4) is 5.75 Å². The van der Waals surface area contributed by atoms with Crippen molar-refractivity contribution in [1.29, 1.82) is 0 Å². The number of nitrogens with zero attached hydrogens (tertiary/aromatic N) is 2. The van der Waals surface area contributed by atoms with E-state index in [2.05, 4.69) is 59.0 Å². The molecule has 0 saturated carbocycles. The Kier molecular flexibility index (Phi) is 2.60. The molecule has 2 aromatic carbocycles. The third kappa shape index (κ3) is 1.76. The molecule has 1 aromatic heterocycles. The van der Waals surface area contributed by atoms with E-state index in [0.29, 0.717) is 6.73 Å². The van der Waals surface area contributed by atoms with Crippen LogP contribution in [0.3, 0.4) is 0 Å². The molecule has 0 N–H and O–H groups in total. The Hall–Kier alpha value is -2.68. The van der Waals surface area contributed by atoms with Crippen LogP contribution in [0, 0.1) is 6.92 Å². The highest BCUT2D eigenvalue weighted by molar-refractivity contribution is 6.16. The Balaban J connectivity index is 1.93. The first-order valence-electron chi connectivity index (χ1n) is 8.05. The molecule has 0 saturated heterocycles. The van der Waals surface area contributed by atoms with E-state index in [0.717, 1.165) is 24.3 Å². The summed E-state index contributed by atoms with van der Waals surface area (Å²) in [5.74, 6) is 0.998. The molecule has 3 heterocycles. The van der Waals surface area contributed by atoms with Gasteiger partial charge in [-0.05, 0) is 35.6 Å². The number of aryl methyl sites for hydroxylation is 1. The number of rotatable bonds is 1. The summed E-state index contributed by atoms with van der Waals surface area (Å²) in [5, 5.41) is 3.70. The second-order valence-electron chi connectivity index (χ2n) is 6.20. The summed E-state index contributed by atoms with van der Waals surface area (Å²) < 4.78 is 8.47. The Morgan fingerprint density at radius 3 is 2.74 bits per heavy atom. The molecule has 5 rings (SSSR count). The minimum absolute atomic E-state index is 0.566. The average Bonchev–Trinajstić information content (AvgIpc) is 2.62. The molecular formula is C20H17N2O+. The molecule has 3 nitrogen and oxygen atoms in total. The minimum atomic E-state index is 0.566. The largest absolute Gasteiger partial charge is 0.434 e. The van der Waals surface area contributed by atoms with Gasteiger partial charge in [0.25, 0.3) is 6.73 Å². The van der Waals surface area contributed by atoms with Crippen LogP contribution in [0.5, 0.6) is 5.75 Å². The number of allylic oxidation sites excluding steroid dienone is 1. The van der Waals surface area contributed by atoms with Crippen molar-refractivity contribution < 1.29 is 9.30 Å². The summed E-state index contributed by atoms with van der Waals surface area (Å²) >= 11 is 0. The average molecular weight is 301 g/mol. The van der Waals surface area contributed by atoms with Crippen molar-refractivity contribution >= 4 is 33.5 Å². The zero-order valence-corrected chi connectivity index (χ0v) is 13.0. The molecule has 0 fully saturated rings. The van der Waals surface area contributed by atoms with Gasteiger partial charge in [-0.3, -0.25) is 4.99 Å². The fourth-order valence-corrected chi connectivity index (χ4v) is 3.65. The van der Waals surface area contributed by atoms with E-state index in [1.165, 1.54) is 32.9 Å². The molecule has 2 aliphatic rings. The summed E-state index contributed by atoms with van der Waals surface area (Å²) in [6, 6.07) is 13.1. The molecule has 23 heavy (non-hydrogen) atoms. The van der Waals surface area contributed by atoms with E-state index in [4.69, 9.17) is 4.74 Å². The quantitative estimate of drug-likeness (QED) is 0.496. The second-order valence-corrected chi connectivity index (χ2v) is 6.20. The van der Waals surface area contributed by atoms with Crippen molar-refractivity contribution in [1.82, 2.24) is 0 Å². The number of aromatic nitrogens is 1. The first-order valence-corrected chi connectivity index (χ1v) is 8.05. The second kappa shape index (κ2) is 4.66. The van der Waals surface area contributed by atoms with E-state index in [9.17, 15) is 0 Å². The highest BCUT2D eigenvalue weighted by atomic mass is 16.5. The summed E-state index contributed by atoms with van der Waals surface area (Å²) in [6.45, 7) is 3.58. The lowest BCUT2D eigenvalue weighted by atomic mass is 9.96. The first-order chi connectivity index (χ1) is 11.3. The van der Waals surface area contributed by atoms with Crippen molar-refractivity contribution in [2.75, 3.05) is 6.54 Å². The van der Waals surface area contributed by atoms with Crippen LogP contribution in [0.2, 0.25) is 0 Å². The predicted octanol–water partition coefficient (Wildman–Crippen LogP) is 3.80. The van der Waals surface area contributed by atoms with Gasteiger partial charge in [-0.15, -0.1) is 0 Å². The third-order valence-electron chi connectivity index (χ3n) is 4.84. The van der Waals surface area contributed by atoms with Gasteiger partial charge in [-0.25, -0.2) is 0 Å². The van der Waals surface area contributed by atoms with Crippen LogP contribution in [-0.4, -0.2) is 12.8 Å². The monoisotopic (exact) mass is 301 g/mol. The van der Waals surface area contributed by atoms with E-state index >= 15 is 0 Å². The van der Waals surface area contributed by atoms with Gasteiger partial charge in [0.1, 0.15) is 5.75 Å². The van der Waals surface area contributed by atoms with Crippen molar-refractivity contribution in [2.24, 2.45) is 4.99 Å². The van der Waals surface area contributed by atoms with E-state index < -0.39 is 0 Å². The number of hydrogen-bond donors (Lipinski definition) is 0. The van der Waals surface area contributed by atoms with Gasteiger partial charge in [-0.2, -0.15) is 4.57 Å². The minimum Gasteiger partial charge on any atom is -0.434 e. The van der Waals surface area contributed by atoms with Crippen molar-refractivity contribution in [3.63, 3.8) is 0 Å². The Morgan fingerprint density at radius 1 is 1.04 bits per heavy atom. The lowest BCUT2D eigenvalue weighted by molar-refractivity contribution is -0.707. The normalized spacial score (nSPS) is 16.0. The Bertz CT molecular complexity index is 1030. The number of dihydropyridines is 1. The molecule has 0 radical (unpaired) electrons. The highest BCUT2D eigenvalue weighted by Gasteiger charge is 2.26. The number of aliphatic imine (C=N–C) groups is 1. The smallest absolute Gasteiger partial charge is 0.292 e. The first kappa shape index (κ1) is 12.8. The van der Waals surface area contributed by atoms with Crippen molar-refractivity contribution in [3.05, 3.63) is 53.7 Å². The molecule has 3 heteroatoms. The lowest BCUT2D eigenvalue weighted by Gasteiger charge is -2.20. The van der Waals surface area contributed by atoms with Crippen LogP contribution in [0.25, 0.3) is 27.2 Å². The summed E-state index contributed by atoms with van der Waals surface area (Å²) in [6.07, 6.45) is 5.23.